The van der Waals surface area contributed by atoms with Gasteiger partial charge in [-0.05, 0) is 12.1 Å². The summed E-state index contributed by atoms with van der Waals surface area (Å²) in [6.07, 6.45) is 3.75. The number of aliphatic carboxylic acids is 1. The molecule has 0 unspecified atom stereocenters. The molecule has 2 aromatic rings. The molecule has 6 heteroatoms. The van der Waals surface area contributed by atoms with Gasteiger partial charge < -0.3 is 9.67 Å². The van der Waals surface area contributed by atoms with E-state index in [9.17, 15) is 4.79 Å². The molecule has 1 N–H and O–H groups in total. The van der Waals surface area contributed by atoms with Crippen molar-refractivity contribution in [2.75, 3.05) is 0 Å². The maximum Gasteiger partial charge on any atom is 0.303 e. The number of carboxylic acid groups (broad SMARTS) is 1. The molecule has 0 spiro atoms. The van der Waals surface area contributed by atoms with Gasteiger partial charge in [0.25, 0.3) is 0 Å². The minimum atomic E-state index is -0.849. The largest absolute Gasteiger partial charge is 0.481 e. The minimum absolute atomic E-state index is 0.0367. The van der Waals surface area contributed by atoms with E-state index in [-0.39, 0.29) is 6.42 Å². The second kappa shape index (κ2) is 5.18. The van der Waals surface area contributed by atoms with Crippen molar-refractivity contribution in [1.82, 2.24) is 14.5 Å². The van der Waals surface area contributed by atoms with E-state index in [1.807, 2.05) is 23.7 Å². The Morgan fingerprint density at radius 2 is 2.11 bits per heavy atom. The lowest BCUT2D eigenvalue weighted by molar-refractivity contribution is -0.136. The van der Waals surface area contributed by atoms with Gasteiger partial charge in [0.05, 0.1) is 12.1 Å². The lowest BCUT2D eigenvalue weighted by atomic mass is 10.2. The van der Waals surface area contributed by atoms with Gasteiger partial charge in [-0.1, -0.05) is 11.6 Å². The number of rotatable bonds is 4. The van der Waals surface area contributed by atoms with Gasteiger partial charge in [0.2, 0.25) is 0 Å². The molecule has 2 heterocycles. The standard InChI is InChI=1S/C12H12ClN3O2/c1-16-9(2-3-10(17)18)11(13)15-12(16)8-4-6-14-7-5-8/h4-7H,2-3H2,1H3,(H,17,18). The SMILES string of the molecule is Cn1c(-c2ccncc2)nc(Cl)c1CCC(=O)O. The van der Waals surface area contributed by atoms with Gasteiger partial charge in [0, 0.05) is 31.4 Å². The summed E-state index contributed by atoms with van der Waals surface area (Å²) in [5.74, 6) is -0.138. The fourth-order valence-electron chi connectivity index (χ4n) is 1.75. The number of hydrogen-bond acceptors (Lipinski definition) is 3. The average Bonchev–Trinajstić information content (AvgIpc) is 2.63. The molecule has 0 radical (unpaired) electrons. The van der Waals surface area contributed by atoms with E-state index in [4.69, 9.17) is 16.7 Å². The molecule has 0 aromatic carbocycles. The smallest absolute Gasteiger partial charge is 0.303 e. The fraction of sp³-hybridized carbons (Fsp3) is 0.250. The van der Waals surface area contributed by atoms with Crippen LogP contribution in [0.25, 0.3) is 11.4 Å². The summed E-state index contributed by atoms with van der Waals surface area (Å²) >= 11 is 6.04. The van der Waals surface area contributed by atoms with E-state index in [0.717, 1.165) is 11.3 Å². The number of nitrogens with zero attached hydrogens (tertiary/aromatic N) is 3. The van der Waals surface area contributed by atoms with E-state index >= 15 is 0 Å². The Labute approximate surface area is 109 Å². The van der Waals surface area contributed by atoms with Crippen LogP contribution in [-0.4, -0.2) is 25.6 Å². The van der Waals surface area contributed by atoms with Crippen LogP contribution in [0, 0.1) is 0 Å². The normalized spacial score (nSPS) is 10.6. The minimum Gasteiger partial charge on any atom is -0.481 e. The van der Waals surface area contributed by atoms with Crippen molar-refractivity contribution in [3.63, 3.8) is 0 Å². The van der Waals surface area contributed by atoms with Crippen LogP contribution >= 0.6 is 11.6 Å². The number of aromatic nitrogens is 3. The van der Waals surface area contributed by atoms with E-state index < -0.39 is 5.97 Å². The zero-order valence-electron chi connectivity index (χ0n) is 9.80. The van der Waals surface area contributed by atoms with E-state index in [2.05, 4.69) is 9.97 Å². The van der Waals surface area contributed by atoms with Crippen LogP contribution in [0.2, 0.25) is 5.15 Å². The quantitative estimate of drug-likeness (QED) is 0.920. The summed E-state index contributed by atoms with van der Waals surface area (Å²) < 4.78 is 1.82. The number of carbonyl (C=O) groups is 1. The van der Waals surface area contributed by atoms with Crippen LogP contribution in [0.3, 0.4) is 0 Å². The maximum absolute atomic E-state index is 10.6. The first-order valence-electron chi connectivity index (χ1n) is 5.43. The first-order chi connectivity index (χ1) is 8.59. The highest BCUT2D eigenvalue weighted by atomic mass is 35.5. The Morgan fingerprint density at radius 3 is 2.72 bits per heavy atom. The van der Waals surface area contributed by atoms with E-state index in [1.54, 1.807) is 12.4 Å². The van der Waals surface area contributed by atoms with Crippen molar-refractivity contribution in [1.29, 1.82) is 0 Å². The number of imidazole rings is 1. The first kappa shape index (κ1) is 12.6. The number of halogens is 1. The topological polar surface area (TPSA) is 68.0 Å². The highest BCUT2D eigenvalue weighted by molar-refractivity contribution is 6.30. The lowest BCUT2D eigenvalue weighted by Crippen LogP contribution is -2.03. The van der Waals surface area contributed by atoms with Gasteiger partial charge in [-0.2, -0.15) is 0 Å². The van der Waals surface area contributed by atoms with Crippen LogP contribution in [-0.2, 0) is 18.3 Å². The molecule has 2 rings (SSSR count). The Bertz CT molecular complexity index is 566. The summed E-state index contributed by atoms with van der Waals surface area (Å²) in [5.41, 5.74) is 1.63. The molecule has 0 atom stereocenters. The Kier molecular flexibility index (Phi) is 3.62. The summed E-state index contributed by atoms with van der Waals surface area (Å²) in [7, 11) is 1.83. The van der Waals surface area contributed by atoms with Crippen molar-refractivity contribution >= 4 is 17.6 Å². The van der Waals surface area contributed by atoms with Crippen LogP contribution in [0.5, 0.6) is 0 Å². The molecule has 0 fully saturated rings. The maximum atomic E-state index is 10.6. The highest BCUT2D eigenvalue weighted by Gasteiger charge is 2.15. The monoisotopic (exact) mass is 265 g/mol. The van der Waals surface area contributed by atoms with Crippen LogP contribution in [0.4, 0.5) is 0 Å². The number of hydrogen-bond donors (Lipinski definition) is 1. The zero-order valence-corrected chi connectivity index (χ0v) is 10.6. The molecule has 0 aliphatic heterocycles. The molecule has 2 aromatic heterocycles. The summed E-state index contributed by atoms with van der Waals surface area (Å²) in [5, 5.41) is 9.05. The third-order valence-corrected chi connectivity index (χ3v) is 2.98. The second-order valence-electron chi connectivity index (χ2n) is 3.86. The molecule has 0 aliphatic rings. The predicted molar refractivity (Wildman–Crippen MR) is 67.4 cm³/mol. The summed E-state index contributed by atoms with van der Waals surface area (Å²) in [4.78, 5) is 18.8. The predicted octanol–water partition coefficient (Wildman–Crippen LogP) is 2.15. The third-order valence-electron chi connectivity index (χ3n) is 2.68. The van der Waals surface area contributed by atoms with Crippen molar-refractivity contribution in [3.05, 3.63) is 35.4 Å². The van der Waals surface area contributed by atoms with Crippen molar-refractivity contribution in [3.8, 4) is 11.4 Å². The molecule has 0 saturated carbocycles. The summed E-state index contributed by atoms with van der Waals surface area (Å²) in [6.45, 7) is 0. The van der Waals surface area contributed by atoms with E-state index in [1.165, 1.54) is 0 Å². The van der Waals surface area contributed by atoms with Crippen molar-refractivity contribution < 1.29 is 9.90 Å². The molecule has 0 bridgehead atoms. The number of carboxylic acids is 1. The van der Waals surface area contributed by atoms with E-state index in [0.29, 0.717) is 17.4 Å². The molecular weight excluding hydrogens is 254 g/mol. The molecular formula is C12H12ClN3O2. The van der Waals surface area contributed by atoms with Crippen molar-refractivity contribution in [2.24, 2.45) is 7.05 Å². The summed E-state index contributed by atoms with van der Waals surface area (Å²) in [6, 6.07) is 3.67. The lowest BCUT2D eigenvalue weighted by Gasteiger charge is -2.04. The molecule has 0 saturated heterocycles. The molecule has 18 heavy (non-hydrogen) atoms. The molecule has 0 amide bonds. The van der Waals surface area contributed by atoms with Gasteiger partial charge >= 0.3 is 5.97 Å². The van der Waals surface area contributed by atoms with Crippen LogP contribution < -0.4 is 0 Å². The highest BCUT2D eigenvalue weighted by Crippen LogP contribution is 2.24. The first-order valence-corrected chi connectivity index (χ1v) is 5.80. The zero-order chi connectivity index (χ0) is 13.1. The second-order valence-corrected chi connectivity index (χ2v) is 4.22. The van der Waals surface area contributed by atoms with Gasteiger partial charge in [-0.25, -0.2) is 4.98 Å². The molecule has 5 nitrogen and oxygen atoms in total. The van der Waals surface area contributed by atoms with Gasteiger partial charge in [0.1, 0.15) is 5.82 Å². The van der Waals surface area contributed by atoms with Crippen LogP contribution in [0.15, 0.2) is 24.5 Å². The number of pyridine rings is 1. The van der Waals surface area contributed by atoms with Crippen molar-refractivity contribution in [2.45, 2.75) is 12.8 Å². The Morgan fingerprint density at radius 1 is 1.44 bits per heavy atom. The average molecular weight is 266 g/mol. The molecule has 0 aliphatic carbocycles. The molecule has 94 valence electrons. The fourth-order valence-corrected chi connectivity index (χ4v) is 2.06. The van der Waals surface area contributed by atoms with Gasteiger partial charge in [-0.15, -0.1) is 0 Å². The van der Waals surface area contributed by atoms with Crippen LogP contribution in [0.1, 0.15) is 12.1 Å². The Hall–Kier alpha value is -1.88. The Balaban J connectivity index is 2.35. The third kappa shape index (κ3) is 2.51. The van der Waals surface area contributed by atoms with Gasteiger partial charge in [0.15, 0.2) is 5.15 Å². The van der Waals surface area contributed by atoms with Gasteiger partial charge in [-0.3, -0.25) is 9.78 Å².